The topological polar surface area (TPSA) is 144 Å². The van der Waals surface area contributed by atoms with Gasteiger partial charge in [0.2, 0.25) is 11.8 Å². The molecule has 2 saturated heterocycles. The molecule has 3 fully saturated rings. The normalized spacial score (nSPS) is 20.3. The quantitative estimate of drug-likeness (QED) is 0.135. The Balaban J connectivity index is 0.927. The summed E-state index contributed by atoms with van der Waals surface area (Å²) in [6.45, 7) is 0.694. The lowest BCUT2D eigenvalue weighted by Crippen LogP contribution is -2.44. The van der Waals surface area contributed by atoms with Crippen molar-refractivity contribution in [2.24, 2.45) is 13.0 Å². The zero-order chi connectivity index (χ0) is 37.5. The Morgan fingerprint density at radius 1 is 0.926 bits per heavy atom. The Labute approximate surface area is 314 Å². The van der Waals surface area contributed by atoms with Gasteiger partial charge in [-0.2, -0.15) is 0 Å². The molecule has 1 aliphatic carbocycles. The van der Waals surface area contributed by atoms with Crippen LogP contribution in [0.5, 0.6) is 5.75 Å². The first-order valence-corrected chi connectivity index (χ1v) is 18.9. The second-order valence-electron chi connectivity index (χ2n) is 14.3. The second-order valence-corrected chi connectivity index (χ2v) is 15.1. The molecule has 12 nitrogen and oxygen atoms in total. The molecule has 1 atom stereocenters. The number of imidazole rings is 1. The summed E-state index contributed by atoms with van der Waals surface area (Å²) in [5.74, 6) is -0.924. The molecule has 14 heteroatoms. The number of piperidine rings is 1. The minimum absolute atomic E-state index is 0.0198. The number of imide groups is 1. The summed E-state index contributed by atoms with van der Waals surface area (Å²) in [4.78, 5) is 62.8. The van der Waals surface area contributed by atoms with Crippen LogP contribution in [0.1, 0.15) is 72.0 Å². The van der Waals surface area contributed by atoms with Crippen LogP contribution in [-0.4, -0.2) is 45.9 Å². The van der Waals surface area contributed by atoms with Crippen molar-refractivity contribution >= 4 is 63.3 Å². The largest absolute Gasteiger partial charge is 0.487 e. The van der Waals surface area contributed by atoms with Crippen molar-refractivity contribution in [2.45, 2.75) is 57.1 Å². The van der Waals surface area contributed by atoms with Gasteiger partial charge in [0.25, 0.3) is 11.8 Å². The zero-order valence-corrected chi connectivity index (χ0v) is 30.4. The lowest BCUT2D eigenvalue weighted by atomic mass is 9.78. The van der Waals surface area contributed by atoms with Crippen molar-refractivity contribution < 1.29 is 28.3 Å². The van der Waals surface area contributed by atoms with Crippen LogP contribution in [-0.2, 0) is 28.0 Å². The number of rotatable bonds is 9. The van der Waals surface area contributed by atoms with Gasteiger partial charge in [0.05, 0.1) is 23.2 Å². The number of halogens is 1. The van der Waals surface area contributed by atoms with Gasteiger partial charge in [0.1, 0.15) is 30.6 Å². The Morgan fingerprint density at radius 2 is 1.72 bits per heavy atom. The van der Waals surface area contributed by atoms with E-state index in [-0.39, 0.29) is 60.8 Å². The SMILES string of the molecule is Cn1c(=O)n(C2CCC(=O)NC2=O)c2ccc(C3CCC(CNC(=O)c4ccc5c(F)c(N6CC(=O)NS6)c(OCc6ccccc6)cc5c4)CC3)cc21. The lowest BCUT2D eigenvalue weighted by Gasteiger charge is -2.29. The molecule has 1 aromatic heterocycles. The van der Waals surface area contributed by atoms with E-state index in [1.807, 2.05) is 48.5 Å². The third-order valence-electron chi connectivity index (χ3n) is 10.8. The average Bonchev–Trinajstić information content (AvgIpc) is 3.72. The van der Waals surface area contributed by atoms with E-state index >= 15 is 4.39 Å². The van der Waals surface area contributed by atoms with Crippen LogP contribution in [0.2, 0.25) is 0 Å². The minimum atomic E-state index is -0.722. The average molecular weight is 751 g/mol. The van der Waals surface area contributed by atoms with Crippen LogP contribution in [0.15, 0.2) is 77.6 Å². The number of aryl methyl sites for hydroxylation is 1. The Bertz CT molecular complexity index is 2370. The van der Waals surface area contributed by atoms with Gasteiger partial charge in [-0.15, -0.1) is 0 Å². The van der Waals surface area contributed by atoms with E-state index in [1.54, 1.807) is 35.9 Å². The van der Waals surface area contributed by atoms with Crippen LogP contribution in [0.4, 0.5) is 10.1 Å². The number of amides is 4. The molecule has 5 aromatic rings. The highest BCUT2D eigenvalue weighted by Crippen LogP contribution is 2.41. The number of nitrogens with one attached hydrogen (secondary N) is 3. The first-order valence-electron chi connectivity index (χ1n) is 18.1. The number of aromatic nitrogens is 2. The van der Waals surface area contributed by atoms with Crippen molar-refractivity contribution in [3.63, 3.8) is 0 Å². The summed E-state index contributed by atoms with van der Waals surface area (Å²) in [7, 11) is 1.70. The van der Waals surface area contributed by atoms with Crippen LogP contribution < -0.4 is 30.1 Å². The standard InChI is InChI=1S/C40H39FN6O6S/c1-45-32-18-26(12-14-30(32)47(40(45)52)31-15-16-34(48)43-39(31)51)25-9-7-23(8-10-25)20-42-38(50)27-11-13-29-28(17-27)19-33(53-22-24-5-3-2-4-6-24)37(36(29)41)46-21-35(49)44-54-46/h2-6,11-14,17-19,23,25,31H,7-10,15-16,20-22H2,1H3,(H,42,50)(H,44,49)(H,43,48,51). The van der Waals surface area contributed by atoms with Gasteiger partial charge in [0, 0.05) is 31.0 Å². The van der Waals surface area contributed by atoms with Crippen molar-refractivity contribution in [3.05, 3.63) is 106 Å². The molecule has 0 radical (unpaired) electrons. The van der Waals surface area contributed by atoms with Crippen molar-refractivity contribution in [2.75, 3.05) is 17.4 Å². The molecule has 8 rings (SSSR count). The molecule has 0 spiro atoms. The molecule has 0 bridgehead atoms. The molecule has 1 saturated carbocycles. The molecule has 54 heavy (non-hydrogen) atoms. The van der Waals surface area contributed by atoms with Crippen LogP contribution in [0.25, 0.3) is 21.8 Å². The van der Waals surface area contributed by atoms with Gasteiger partial charge in [-0.1, -0.05) is 42.5 Å². The highest BCUT2D eigenvalue weighted by molar-refractivity contribution is 7.99. The van der Waals surface area contributed by atoms with E-state index < -0.39 is 17.8 Å². The number of anilines is 1. The first-order chi connectivity index (χ1) is 26.1. The van der Waals surface area contributed by atoms with Crippen LogP contribution in [0, 0.1) is 11.7 Å². The van der Waals surface area contributed by atoms with Crippen molar-refractivity contribution in [3.8, 4) is 5.75 Å². The zero-order valence-electron chi connectivity index (χ0n) is 29.6. The number of fused-ring (bicyclic) bond motifs is 2. The van der Waals surface area contributed by atoms with Crippen LogP contribution in [0.3, 0.4) is 0 Å². The molecule has 1 unspecified atom stereocenters. The fourth-order valence-corrected chi connectivity index (χ4v) is 8.59. The van der Waals surface area contributed by atoms with E-state index in [0.717, 1.165) is 54.5 Å². The number of benzene rings is 4. The summed E-state index contributed by atoms with van der Waals surface area (Å²) in [6, 6.07) is 21.4. The van der Waals surface area contributed by atoms with Gasteiger partial charge in [0.15, 0.2) is 5.82 Å². The van der Waals surface area contributed by atoms with Crippen LogP contribution >= 0.6 is 12.1 Å². The van der Waals surface area contributed by atoms with Gasteiger partial charge >= 0.3 is 5.69 Å². The van der Waals surface area contributed by atoms with E-state index in [0.29, 0.717) is 40.2 Å². The highest BCUT2D eigenvalue weighted by atomic mass is 32.2. The smallest absolute Gasteiger partial charge is 0.329 e. The second kappa shape index (κ2) is 14.7. The Kier molecular flexibility index (Phi) is 9.61. The van der Waals surface area contributed by atoms with E-state index in [4.69, 9.17) is 4.74 Å². The number of hydrogen-bond acceptors (Lipinski definition) is 8. The summed E-state index contributed by atoms with van der Waals surface area (Å²) < 4.78 is 29.5. The molecule has 278 valence electrons. The number of hydrogen-bond donors (Lipinski definition) is 3. The van der Waals surface area contributed by atoms with Gasteiger partial charge < -0.3 is 10.1 Å². The molecule has 2 aliphatic heterocycles. The third kappa shape index (κ3) is 6.81. The predicted octanol–water partition coefficient (Wildman–Crippen LogP) is 5.39. The minimum Gasteiger partial charge on any atom is -0.487 e. The van der Waals surface area contributed by atoms with Gasteiger partial charge in [-0.3, -0.25) is 42.7 Å². The van der Waals surface area contributed by atoms with Gasteiger partial charge in [-0.05, 0) is 90.8 Å². The summed E-state index contributed by atoms with van der Waals surface area (Å²) in [5.41, 5.74) is 3.75. The number of ether oxygens (including phenoxy) is 1. The molecular weight excluding hydrogens is 712 g/mol. The maximum Gasteiger partial charge on any atom is 0.329 e. The Morgan fingerprint density at radius 3 is 2.46 bits per heavy atom. The monoisotopic (exact) mass is 750 g/mol. The summed E-state index contributed by atoms with van der Waals surface area (Å²) in [6.07, 6.45) is 4.16. The highest BCUT2D eigenvalue weighted by Gasteiger charge is 2.32. The number of carbonyl (C=O) groups is 4. The third-order valence-corrected chi connectivity index (χ3v) is 11.7. The molecule has 3 aliphatic rings. The number of nitrogens with zero attached hydrogens (tertiary/aromatic N) is 3. The van der Waals surface area contributed by atoms with E-state index in [9.17, 15) is 24.0 Å². The van der Waals surface area contributed by atoms with Crippen molar-refractivity contribution in [1.29, 1.82) is 0 Å². The van der Waals surface area contributed by atoms with E-state index in [1.165, 1.54) is 8.87 Å². The maximum atomic E-state index is 16.1. The maximum absolute atomic E-state index is 16.1. The molecule has 4 aromatic carbocycles. The summed E-state index contributed by atoms with van der Waals surface area (Å²) >= 11 is 1.01. The number of carbonyl (C=O) groups excluding carboxylic acids is 4. The van der Waals surface area contributed by atoms with Crippen molar-refractivity contribution in [1.82, 2.24) is 24.5 Å². The molecule has 3 heterocycles. The first kappa shape index (κ1) is 35.4. The summed E-state index contributed by atoms with van der Waals surface area (Å²) in [5, 5.41) is 6.27. The van der Waals surface area contributed by atoms with E-state index in [2.05, 4.69) is 15.4 Å². The lowest BCUT2D eigenvalue weighted by molar-refractivity contribution is -0.135. The Hall–Kier alpha value is -5.63. The molecule has 3 N–H and O–H groups in total. The van der Waals surface area contributed by atoms with Gasteiger partial charge in [-0.25, -0.2) is 9.18 Å². The fourth-order valence-electron chi connectivity index (χ4n) is 7.88. The molecular formula is C40H39FN6O6S. The predicted molar refractivity (Wildman–Crippen MR) is 203 cm³/mol. The fraction of sp³-hybridized carbons (Fsp3) is 0.325. The molecule has 4 amide bonds.